The number of nitrogens with zero attached hydrogens (tertiary/aromatic N) is 1. The molecule has 1 fully saturated rings. The van der Waals surface area contributed by atoms with E-state index in [4.69, 9.17) is 11.6 Å². The first kappa shape index (κ1) is 13.3. The second-order valence-electron chi connectivity index (χ2n) is 4.36. The average Bonchev–Trinajstić information content (AvgIpc) is 2.98. The number of hydrogen-bond donors (Lipinski definition) is 0. The summed E-state index contributed by atoms with van der Waals surface area (Å²) < 4.78 is 27.2. The lowest BCUT2D eigenvalue weighted by Crippen LogP contribution is -2.33. The molecule has 1 heterocycles. The molecule has 1 aromatic heterocycles. The van der Waals surface area contributed by atoms with Gasteiger partial charge in [-0.25, -0.2) is 8.42 Å². The molecule has 1 saturated carbocycles. The second kappa shape index (κ2) is 5.26. The van der Waals surface area contributed by atoms with E-state index in [-0.39, 0.29) is 0 Å². The molecule has 2 rings (SSSR count). The predicted octanol–water partition coefficient (Wildman–Crippen LogP) is 3.21. The topological polar surface area (TPSA) is 37.4 Å². The maximum atomic E-state index is 12.4. The quantitative estimate of drug-likeness (QED) is 0.807. The van der Waals surface area contributed by atoms with Crippen LogP contribution in [0.25, 0.3) is 0 Å². The van der Waals surface area contributed by atoms with Crippen molar-refractivity contribution in [3.05, 3.63) is 16.5 Å². The average molecular weight is 294 g/mol. The maximum absolute atomic E-state index is 12.4. The van der Waals surface area contributed by atoms with Gasteiger partial charge in [-0.2, -0.15) is 4.31 Å². The minimum atomic E-state index is -3.33. The van der Waals surface area contributed by atoms with Gasteiger partial charge in [-0.15, -0.1) is 11.3 Å². The number of sulfonamides is 1. The fourth-order valence-corrected chi connectivity index (χ4v) is 4.96. The number of hydrogen-bond acceptors (Lipinski definition) is 3. The molecule has 96 valence electrons. The van der Waals surface area contributed by atoms with Gasteiger partial charge in [0.1, 0.15) is 4.21 Å². The fourth-order valence-electron chi connectivity index (χ4n) is 1.71. The highest BCUT2D eigenvalue weighted by Gasteiger charge is 2.31. The molecular weight excluding hydrogens is 278 g/mol. The van der Waals surface area contributed by atoms with Crippen LogP contribution in [-0.4, -0.2) is 25.8 Å². The molecule has 0 atom stereocenters. The van der Waals surface area contributed by atoms with E-state index in [1.54, 1.807) is 16.4 Å². The molecule has 0 bridgehead atoms. The summed E-state index contributed by atoms with van der Waals surface area (Å²) in [4.78, 5) is 0. The van der Waals surface area contributed by atoms with Gasteiger partial charge in [-0.1, -0.05) is 18.5 Å². The van der Waals surface area contributed by atoms with Crippen molar-refractivity contribution in [1.82, 2.24) is 4.31 Å². The molecule has 1 aromatic rings. The Kier molecular flexibility index (Phi) is 4.13. The molecule has 0 saturated heterocycles. The molecule has 0 unspecified atom stereocenters. The summed E-state index contributed by atoms with van der Waals surface area (Å²) >= 11 is 6.93. The van der Waals surface area contributed by atoms with E-state index in [1.165, 1.54) is 0 Å². The number of halogens is 1. The Morgan fingerprint density at radius 3 is 2.65 bits per heavy atom. The van der Waals surface area contributed by atoms with Crippen molar-refractivity contribution in [3.63, 3.8) is 0 Å². The molecule has 17 heavy (non-hydrogen) atoms. The van der Waals surface area contributed by atoms with Crippen LogP contribution >= 0.6 is 22.9 Å². The van der Waals surface area contributed by atoms with Gasteiger partial charge in [0.2, 0.25) is 0 Å². The lowest BCUT2D eigenvalue weighted by Gasteiger charge is -2.20. The van der Waals surface area contributed by atoms with Crippen LogP contribution in [0.2, 0.25) is 4.34 Å². The molecule has 6 heteroatoms. The van der Waals surface area contributed by atoms with Crippen molar-refractivity contribution in [2.75, 3.05) is 13.1 Å². The van der Waals surface area contributed by atoms with E-state index in [9.17, 15) is 8.42 Å². The van der Waals surface area contributed by atoms with Crippen molar-refractivity contribution >= 4 is 33.0 Å². The second-order valence-corrected chi connectivity index (χ2v) is 8.24. The Hall–Kier alpha value is -0.100. The first-order valence-corrected chi connectivity index (χ1v) is 8.43. The van der Waals surface area contributed by atoms with E-state index in [0.717, 1.165) is 30.6 Å². The van der Waals surface area contributed by atoms with Crippen LogP contribution < -0.4 is 0 Å². The summed E-state index contributed by atoms with van der Waals surface area (Å²) in [6.45, 7) is 3.25. The van der Waals surface area contributed by atoms with Gasteiger partial charge in [-0.05, 0) is 37.3 Å². The molecule has 1 aliphatic rings. The molecule has 0 N–H and O–H groups in total. The smallest absolute Gasteiger partial charge is 0.206 e. The summed E-state index contributed by atoms with van der Waals surface area (Å²) in [6, 6.07) is 3.23. The largest absolute Gasteiger partial charge is 0.252 e. The fraction of sp³-hybridized carbons (Fsp3) is 0.636. The molecule has 1 aliphatic carbocycles. The Morgan fingerprint density at radius 1 is 1.47 bits per heavy atom. The summed E-state index contributed by atoms with van der Waals surface area (Å²) in [5.41, 5.74) is 0. The SMILES string of the molecule is CCCN(CC1CC1)S(=O)(=O)c1ccc(Cl)s1. The Balaban J connectivity index is 2.20. The first-order valence-electron chi connectivity index (χ1n) is 5.79. The van der Waals surface area contributed by atoms with Crippen molar-refractivity contribution in [3.8, 4) is 0 Å². The third-order valence-electron chi connectivity index (χ3n) is 2.77. The van der Waals surface area contributed by atoms with Crippen molar-refractivity contribution in [1.29, 1.82) is 0 Å². The molecule has 0 aliphatic heterocycles. The molecule has 0 aromatic carbocycles. The Bertz CT molecular complexity index is 479. The van der Waals surface area contributed by atoms with Crippen LogP contribution in [0, 0.1) is 5.92 Å². The van der Waals surface area contributed by atoms with Crippen molar-refractivity contribution in [2.24, 2.45) is 5.92 Å². The summed E-state index contributed by atoms with van der Waals surface area (Å²) in [5.74, 6) is 0.562. The van der Waals surface area contributed by atoms with Crippen molar-refractivity contribution < 1.29 is 8.42 Å². The van der Waals surface area contributed by atoms with Crippen LogP contribution in [0.4, 0.5) is 0 Å². The van der Waals surface area contributed by atoms with E-state index in [2.05, 4.69) is 0 Å². The van der Waals surface area contributed by atoms with Gasteiger partial charge in [0.15, 0.2) is 0 Å². The van der Waals surface area contributed by atoms with E-state index < -0.39 is 10.0 Å². The van der Waals surface area contributed by atoms with Crippen molar-refractivity contribution in [2.45, 2.75) is 30.4 Å². The van der Waals surface area contributed by atoms with Crippen LogP contribution in [0.5, 0.6) is 0 Å². The highest BCUT2D eigenvalue weighted by Crippen LogP contribution is 2.33. The van der Waals surface area contributed by atoms with E-state index in [0.29, 0.717) is 27.6 Å². The predicted molar refractivity (Wildman–Crippen MR) is 71.1 cm³/mol. The maximum Gasteiger partial charge on any atom is 0.252 e. The number of thiophene rings is 1. The first-order chi connectivity index (χ1) is 8.04. The molecule has 0 spiro atoms. The summed E-state index contributed by atoms with van der Waals surface area (Å²) in [5, 5.41) is 0. The third kappa shape index (κ3) is 3.22. The summed E-state index contributed by atoms with van der Waals surface area (Å²) in [6.07, 6.45) is 3.15. The Morgan fingerprint density at radius 2 is 2.18 bits per heavy atom. The van der Waals surface area contributed by atoms with Gasteiger partial charge in [0.05, 0.1) is 4.34 Å². The molecule has 0 amide bonds. The monoisotopic (exact) mass is 293 g/mol. The molecule has 3 nitrogen and oxygen atoms in total. The van der Waals surface area contributed by atoms with Crippen LogP contribution in [-0.2, 0) is 10.0 Å². The van der Waals surface area contributed by atoms with Crippen LogP contribution in [0.1, 0.15) is 26.2 Å². The zero-order chi connectivity index (χ0) is 12.5. The Labute approximate surface area is 111 Å². The van der Waals surface area contributed by atoms with Gasteiger partial charge in [0, 0.05) is 13.1 Å². The van der Waals surface area contributed by atoms with E-state index >= 15 is 0 Å². The van der Waals surface area contributed by atoms with Gasteiger partial charge < -0.3 is 0 Å². The van der Waals surface area contributed by atoms with Gasteiger partial charge >= 0.3 is 0 Å². The molecular formula is C11H16ClNO2S2. The lowest BCUT2D eigenvalue weighted by molar-refractivity contribution is 0.397. The normalized spacial score (nSPS) is 16.6. The number of rotatable bonds is 6. The third-order valence-corrected chi connectivity index (χ3v) is 6.34. The minimum Gasteiger partial charge on any atom is -0.206 e. The molecule has 0 radical (unpaired) electrons. The van der Waals surface area contributed by atoms with Gasteiger partial charge in [0.25, 0.3) is 10.0 Å². The van der Waals surface area contributed by atoms with Crippen LogP contribution in [0.15, 0.2) is 16.3 Å². The minimum absolute atomic E-state index is 0.358. The summed E-state index contributed by atoms with van der Waals surface area (Å²) in [7, 11) is -3.33. The standard InChI is InChI=1S/C11H16ClNO2S2/c1-2-7-13(8-9-3-4-9)17(14,15)11-6-5-10(12)16-11/h5-6,9H,2-4,7-8H2,1H3. The van der Waals surface area contributed by atoms with Crippen LogP contribution in [0.3, 0.4) is 0 Å². The zero-order valence-electron chi connectivity index (χ0n) is 9.73. The van der Waals surface area contributed by atoms with Gasteiger partial charge in [-0.3, -0.25) is 0 Å². The highest BCUT2D eigenvalue weighted by atomic mass is 35.5. The zero-order valence-corrected chi connectivity index (χ0v) is 12.1. The van der Waals surface area contributed by atoms with E-state index in [1.807, 2.05) is 6.92 Å². The highest BCUT2D eigenvalue weighted by molar-refractivity contribution is 7.91. The lowest BCUT2D eigenvalue weighted by atomic mass is 10.4.